The van der Waals surface area contributed by atoms with Gasteiger partial charge in [-0.3, -0.25) is 4.79 Å². The fraction of sp³-hybridized carbons (Fsp3) is 0.400. The van der Waals surface area contributed by atoms with Crippen LogP contribution in [0.1, 0.15) is 32.7 Å². The van der Waals surface area contributed by atoms with Crippen molar-refractivity contribution >= 4 is 5.91 Å². The SMILES string of the molecule is CCO[C@@H](C)C(=O)N[C@H](C)c1nc(-c2ccc(F)cc2)no1. The molecular formula is C15H18FN3O3. The molecule has 1 N–H and O–H groups in total. The van der Waals surface area contributed by atoms with Crippen LogP contribution in [0.25, 0.3) is 11.4 Å². The fourth-order valence-electron chi connectivity index (χ4n) is 1.85. The van der Waals surface area contributed by atoms with Crippen molar-refractivity contribution in [1.82, 2.24) is 15.5 Å². The number of benzene rings is 1. The van der Waals surface area contributed by atoms with E-state index in [2.05, 4.69) is 15.5 Å². The predicted octanol–water partition coefficient (Wildman–Crippen LogP) is 2.48. The molecule has 1 heterocycles. The largest absolute Gasteiger partial charge is 0.369 e. The zero-order valence-electron chi connectivity index (χ0n) is 12.7. The van der Waals surface area contributed by atoms with E-state index in [9.17, 15) is 9.18 Å². The maximum Gasteiger partial charge on any atom is 0.249 e. The summed E-state index contributed by atoms with van der Waals surface area (Å²) in [5.41, 5.74) is 0.637. The molecule has 2 rings (SSSR count). The van der Waals surface area contributed by atoms with Gasteiger partial charge in [-0.25, -0.2) is 4.39 Å². The van der Waals surface area contributed by atoms with Gasteiger partial charge in [0, 0.05) is 12.2 Å². The highest BCUT2D eigenvalue weighted by Gasteiger charge is 2.20. The molecule has 0 saturated heterocycles. The Morgan fingerprint density at radius 1 is 1.36 bits per heavy atom. The van der Waals surface area contributed by atoms with E-state index in [0.717, 1.165) is 0 Å². The Balaban J connectivity index is 2.04. The van der Waals surface area contributed by atoms with Gasteiger partial charge in [0.1, 0.15) is 18.0 Å². The Bertz CT molecular complexity index is 627. The molecule has 1 aromatic heterocycles. The van der Waals surface area contributed by atoms with Crippen molar-refractivity contribution in [2.75, 3.05) is 6.61 Å². The topological polar surface area (TPSA) is 77.2 Å². The van der Waals surface area contributed by atoms with Gasteiger partial charge in [-0.1, -0.05) is 5.16 Å². The average molecular weight is 307 g/mol. The van der Waals surface area contributed by atoms with Gasteiger partial charge in [0.05, 0.1) is 0 Å². The molecule has 22 heavy (non-hydrogen) atoms. The minimum Gasteiger partial charge on any atom is -0.369 e. The third kappa shape index (κ3) is 3.88. The predicted molar refractivity (Wildman–Crippen MR) is 77.3 cm³/mol. The Kier molecular flexibility index (Phi) is 5.21. The number of ether oxygens (including phenoxy) is 1. The molecule has 0 unspecified atom stereocenters. The molecule has 1 aromatic carbocycles. The smallest absolute Gasteiger partial charge is 0.249 e. The average Bonchev–Trinajstić information content (AvgIpc) is 2.98. The number of hydrogen-bond donors (Lipinski definition) is 1. The zero-order chi connectivity index (χ0) is 16.1. The lowest BCUT2D eigenvalue weighted by Gasteiger charge is -2.14. The molecular weight excluding hydrogens is 289 g/mol. The number of halogens is 1. The van der Waals surface area contributed by atoms with E-state index in [4.69, 9.17) is 9.26 Å². The molecule has 6 nitrogen and oxygen atoms in total. The lowest BCUT2D eigenvalue weighted by atomic mass is 10.2. The second-order valence-corrected chi connectivity index (χ2v) is 4.79. The van der Waals surface area contributed by atoms with Crippen LogP contribution in [0.4, 0.5) is 4.39 Å². The zero-order valence-corrected chi connectivity index (χ0v) is 12.7. The summed E-state index contributed by atoms with van der Waals surface area (Å²) in [6, 6.07) is 5.31. The second-order valence-electron chi connectivity index (χ2n) is 4.79. The van der Waals surface area contributed by atoms with Crippen LogP contribution in [-0.4, -0.2) is 28.8 Å². The maximum atomic E-state index is 12.9. The summed E-state index contributed by atoms with van der Waals surface area (Å²) in [5, 5.41) is 6.57. The van der Waals surface area contributed by atoms with Crippen molar-refractivity contribution < 1.29 is 18.4 Å². The third-order valence-corrected chi connectivity index (χ3v) is 3.06. The van der Waals surface area contributed by atoms with Crippen LogP contribution in [-0.2, 0) is 9.53 Å². The molecule has 0 bridgehead atoms. The second kappa shape index (κ2) is 7.13. The molecule has 2 atom stereocenters. The van der Waals surface area contributed by atoms with Crippen LogP contribution in [0.15, 0.2) is 28.8 Å². The maximum absolute atomic E-state index is 12.9. The van der Waals surface area contributed by atoms with E-state index in [1.165, 1.54) is 12.1 Å². The minimum absolute atomic E-state index is 0.254. The van der Waals surface area contributed by atoms with E-state index in [-0.39, 0.29) is 17.6 Å². The Labute approximate surface area is 127 Å². The van der Waals surface area contributed by atoms with Gasteiger partial charge in [-0.2, -0.15) is 4.98 Å². The van der Waals surface area contributed by atoms with Crippen molar-refractivity contribution in [3.8, 4) is 11.4 Å². The summed E-state index contributed by atoms with van der Waals surface area (Å²) in [7, 11) is 0. The highest BCUT2D eigenvalue weighted by molar-refractivity contribution is 5.80. The van der Waals surface area contributed by atoms with Gasteiger partial charge in [-0.05, 0) is 45.0 Å². The first-order valence-corrected chi connectivity index (χ1v) is 7.02. The summed E-state index contributed by atoms with van der Waals surface area (Å²) < 4.78 is 23.2. The number of carbonyl (C=O) groups excluding carboxylic acids is 1. The molecule has 0 aliphatic heterocycles. The van der Waals surface area contributed by atoms with E-state index in [1.807, 2.05) is 6.92 Å². The number of nitrogens with zero attached hydrogens (tertiary/aromatic N) is 2. The van der Waals surface area contributed by atoms with Crippen LogP contribution in [0.5, 0.6) is 0 Å². The molecule has 0 saturated carbocycles. The molecule has 0 spiro atoms. The number of amides is 1. The highest BCUT2D eigenvalue weighted by Crippen LogP contribution is 2.19. The van der Waals surface area contributed by atoms with E-state index in [1.54, 1.807) is 26.0 Å². The minimum atomic E-state index is -0.549. The molecule has 0 radical (unpaired) electrons. The van der Waals surface area contributed by atoms with E-state index in [0.29, 0.717) is 18.0 Å². The van der Waals surface area contributed by atoms with E-state index >= 15 is 0 Å². The first-order chi connectivity index (χ1) is 10.5. The lowest BCUT2D eigenvalue weighted by molar-refractivity contribution is -0.132. The number of nitrogens with one attached hydrogen (secondary N) is 1. The fourth-order valence-corrected chi connectivity index (χ4v) is 1.85. The first-order valence-electron chi connectivity index (χ1n) is 7.02. The van der Waals surface area contributed by atoms with Gasteiger partial charge >= 0.3 is 0 Å². The summed E-state index contributed by atoms with van der Waals surface area (Å²) >= 11 is 0. The van der Waals surface area contributed by atoms with Crippen molar-refractivity contribution in [3.05, 3.63) is 36.0 Å². The summed E-state index contributed by atoms with van der Waals surface area (Å²) in [4.78, 5) is 16.1. The van der Waals surface area contributed by atoms with Crippen molar-refractivity contribution in [3.63, 3.8) is 0 Å². The van der Waals surface area contributed by atoms with E-state index < -0.39 is 12.1 Å². The summed E-state index contributed by atoms with van der Waals surface area (Å²) in [6.07, 6.45) is -0.549. The quantitative estimate of drug-likeness (QED) is 0.887. The standard InChI is InChI=1S/C15H18FN3O3/c1-4-21-10(3)14(20)17-9(2)15-18-13(19-22-15)11-5-7-12(16)8-6-11/h5-10H,4H2,1-3H3,(H,17,20)/t9-,10+/m1/s1. The van der Waals surface area contributed by atoms with Crippen LogP contribution in [0.2, 0.25) is 0 Å². The number of hydrogen-bond acceptors (Lipinski definition) is 5. The van der Waals surface area contributed by atoms with Crippen LogP contribution in [0.3, 0.4) is 0 Å². The number of aromatic nitrogens is 2. The monoisotopic (exact) mass is 307 g/mol. The molecule has 1 amide bonds. The van der Waals surface area contributed by atoms with Crippen molar-refractivity contribution in [2.24, 2.45) is 0 Å². The van der Waals surface area contributed by atoms with Gasteiger partial charge < -0.3 is 14.6 Å². The van der Waals surface area contributed by atoms with Crippen molar-refractivity contribution in [2.45, 2.75) is 32.9 Å². The number of carbonyl (C=O) groups is 1. The van der Waals surface area contributed by atoms with Crippen molar-refractivity contribution in [1.29, 1.82) is 0 Å². The molecule has 2 aromatic rings. The van der Waals surface area contributed by atoms with Gasteiger partial charge in [0.15, 0.2) is 0 Å². The van der Waals surface area contributed by atoms with Crippen LogP contribution < -0.4 is 5.32 Å². The van der Waals surface area contributed by atoms with Gasteiger partial charge in [-0.15, -0.1) is 0 Å². The third-order valence-electron chi connectivity index (χ3n) is 3.06. The molecule has 0 fully saturated rings. The highest BCUT2D eigenvalue weighted by atomic mass is 19.1. The summed E-state index contributed by atoms with van der Waals surface area (Å²) in [5.74, 6) is 0.0271. The van der Waals surface area contributed by atoms with Crippen LogP contribution >= 0.6 is 0 Å². The molecule has 0 aliphatic rings. The Morgan fingerprint density at radius 2 is 2.05 bits per heavy atom. The molecule has 118 valence electrons. The normalized spacial score (nSPS) is 13.6. The lowest BCUT2D eigenvalue weighted by Crippen LogP contribution is -2.36. The Hall–Kier alpha value is -2.28. The molecule has 7 heteroatoms. The molecule has 0 aliphatic carbocycles. The van der Waals surface area contributed by atoms with Gasteiger partial charge in [0.2, 0.25) is 17.6 Å². The summed E-state index contributed by atoms with van der Waals surface area (Å²) in [6.45, 7) is 5.68. The Morgan fingerprint density at radius 3 is 2.68 bits per heavy atom. The number of rotatable bonds is 6. The van der Waals surface area contributed by atoms with Gasteiger partial charge in [0.25, 0.3) is 0 Å². The first kappa shape index (κ1) is 16.1. The van der Waals surface area contributed by atoms with Crippen LogP contribution in [0, 0.1) is 5.82 Å².